The zero-order valence-electron chi connectivity index (χ0n) is 22.7. The molecule has 0 aromatic heterocycles. The van der Waals surface area contributed by atoms with Gasteiger partial charge in [-0.2, -0.15) is 0 Å². The predicted molar refractivity (Wildman–Crippen MR) is 138 cm³/mol. The summed E-state index contributed by atoms with van der Waals surface area (Å²) in [6, 6.07) is -5.93. The Bertz CT molecular complexity index is 822. The molecule has 14 heteroatoms. The van der Waals surface area contributed by atoms with E-state index in [1.165, 1.54) is 6.92 Å². The molecule has 0 rings (SSSR count). The largest absolute Gasteiger partial charge is 0.481 e. The third-order valence-corrected chi connectivity index (χ3v) is 6.09. The van der Waals surface area contributed by atoms with Gasteiger partial charge in [-0.25, -0.2) is 0 Å². The van der Waals surface area contributed by atoms with Crippen molar-refractivity contribution in [3.63, 3.8) is 0 Å². The minimum Gasteiger partial charge on any atom is -0.481 e. The molecule has 14 nitrogen and oxygen atoms in total. The second-order valence-electron chi connectivity index (χ2n) is 9.71. The molecule has 0 saturated heterocycles. The number of aliphatic hydroxyl groups excluding tert-OH is 1. The smallest absolute Gasteiger partial charge is 0.305 e. The van der Waals surface area contributed by atoms with E-state index in [1.807, 2.05) is 6.92 Å². The van der Waals surface area contributed by atoms with E-state index < -0.39 is 78.2 Å². The van der Waals surface area contributed by atoms with Gasteiger partial charge >= 0.3 is 5.97 Å². The number of carbonyl (C=O) groups is 6. The van der Waals surface area contributed by atoms with Crippen LogP contribution in [0.25, 0.3) is 0 Å². The minimum atomic E-state index is -1.40. The molecule has 0 spiro atoms. The number of aliphatic hydroxyl groups is 1. The quantitative estimate of drug-likeness (QED) is 0.0861. The van der Waals surface area contributed by atoms with E-state index in [1.54, 1.807) is 20.8 Å². The number of nitrogens with two attached hydrogens (primary N) is 2. The van der Waals surface area contributed by atoms with Crippen molar-refractivity contribution in [1.29, 1.82) is 0 Å². The molecule has 0 aliphatic heterocycles. The third-order valence-electron chi connectivity index (χ3n) is 6.09. The Morgan fingerprint density at radius 3 is 1.87 bits per heavy atom. The number of nitrogens with one attached hydrogen (secondary N) is 4. The fourth-order valence-corrected chi connectivity index (χ4v) is 3.40. The van der Waals surface area contributed by atoms with Crippen molar-refractivity contribution in [2.24, 2.45) is 23.3 Å². The number of hydrogen-bond acceptors (Lipinski definition) is 9. The lowest BCUT2D eigenvalue weighted by molar-refractivity contribution is -0.139. The molecule has 0 fully saturated rings. The Morgan fingerprint density at radius 2 is 1.42 bits per heavy atom. The van der Waals surface area contributed by atoms with Crippen LogP contribution in [-0.2, 0) is 28.8 Å². The molecule has 7 atom stereocenters. The number of amides is 4. The Balaban J connectivity index is 5.63. The van der Waals surface area contributed by atoms with Gasteiger partial charge in [0.1, 0.15) is 24.4 Å². The van der Waals surface area contributed by atoms with Crippen LogP contribution in [0.5, 0.6) is 0 Å². The number of carbonyl (C=O) groups excluding carboxylic acids is 5. The molecule has 218 valence electrons. The third kappa shape index (κ3) is 12.0. The fraction of sp³-hybridized carbons (Fsp3) is 0.750. The van der Waals surface area contributed by atoms with Gasteiger partial charge in [-0.1, -0.05) is 34.1 Å². The summed E-state index contributed by atoms with van der Waals surface area (Å²) in [5.41, 5.74) is 11.4. The lowest BCUT2D eigenvalue weighted by Crippen LogP contribution is -2.61. The van der Waals surface area contributed by atoms with Crippen LogP contribution in [0.3, 0.4) is 0 Å². The summed E-state index contributed by atoms with van der Waals surface area (Å²) >= 11 is 0. The molecule has 0 aliphatic rings. The molecule has 0 aromatic carbocycles. The Kier molecular flexibility index (Phi) is 16.0. The van der Waals surface area contributed by atoms with Crippen molar-refractivity contribution in [2.45, 2.75) is 96.6 Å². The van der Waals surface area contributed by atoms with Gasteiger partial charge in [0.25, 0.3) is 0 Å². The first-order chi connectivity index (χ1) is 17.7. The van der Waals surface area contributed by atoms with E-state index in [9.17, 15) is 33.9 Å². The van der Waals surface area contributed by atoms with Crippen LogP contribution in [0.2, 0.25) is 0 Å². The monoisotopic (exact) mass is 544 g/mol. The first-order valence-corrected chi connectivity index (χ1v) is 12.7. The molecule has 38 heavy (non-hydrogen) atoms. The number of carboxylic acids is 1. The molecule has 0 saturated carbocycles. The molecule has 0 aromatic rings. The van der Waals surface area contributed by atoms with Crippen LogP contribution in [-0.4, -0.2) is 89.0 Å². The number of rotatable bonds is 18. The highest BCUT2D eigenvalue weighted by Crippen LogP contribution is 2.09. The Hall–Kier alpha value is -3.10. The first-order valence-electron chi connectivity index (χ1n) is 12.7. The zero-order valence-corrected chi connectivity index (χ0v) is 22.7. The summed E-state index contributed by atoms with van der Waals surface area (Å²) in [6.45, 7) is 8.42. The first kappa shape index (κ1) is 34.9. The van der Waals surface area contributed by atoms with Gasteiger partial charge in [-0.3, -0.25) is 24.0 Å². The fourth-order valence-electron chi connectivity index (χ4n) is 3.40. The molecule has 0 heterocycles. The van der Waals surface area contributed by atoms with Gasteiger partial charge in [-0.15, -0.1) is 0 Å². The summed E-state index contributed by atoms with van der Waals surface area (Å²) in [7, 11) is 0. The van der Waals surface area contributed by atoms with E-state index >= 15 is 0 Å². The van der Waals surface area contributed by atoms with Gasteiger partial charge in [0, 0.05) is 0 Å². The molecule has 4 amide bonds. The maximum Gasteiger partial charge on any atom is 0.305 e. The summed E-state index contributed by atoms with van der Waals surface area (Å²) in [4.78, 5) is 73.4. The maximum atomic E-state index is 13.1. The molecule has 0 aliphatic carbocycles. The van der Waals surface area contributed by atoms with E-state index in [2.05, 4.69) is 21.3 Å². The van der Waals surface area contributed by atoms with Gasteiger partial charge < -0.3 is 47.7 Å². The van der Waals surface area contributed by atoms with Crippen molar-refractivity contribution in [3.8, 4) is 0 Å². The molecule has 0 bridgehead atoms. The van der Waals surface area contributed by atoms with Gasteiger partial charge in [0.15, 0.2) is 0 Å². The van der Waals surface area contributed by atoms with Gasteiger partial charge in [-0.05, 0) is 38.1 Å². The number of carboxylic acid groups (broad SMARTS) is 1. The highest BCUT2D eigenvalue weighted by Gasteiger charge is 2.34. The van der Waals surface area contributed by atoms with Crippen LogP contribution in [0.15, 0.2) is 0 Å². The van der Waals surface area contributed by atoms with Crippen LogP contribution in [0.1, 0.15) is 60.3 Å². The van der Waals surface area contributed by atoms with Crippen molar-refractivity contribution in [1.82, 2.24) is 21.3 Å². The highest BCUT2D eigenvalue weighted by molar-refractivity contribution is 5.95. The molecular weight excluding hydrogens is 500 g/mol. The van der Waals surface area contributed by atoms with Crippen molar-refractivity contribution < 1.29 is 39.0 Å². The van der Waals surface area contributed by atoms with Crippen LogP contribution >= 0.6 is 0 Å². The van der Waals surface area contributed by atoms with Crippen LogP contribution < -0.4 is 32.7 Å². The van der Waals surface area contributed by atoms with Crippen LogP contribution in [0.4, 0.5) is 0 Å². The second-order valence-corrected chi connectivity index (χ2v) is 9.71. The minimum absolute atomic E-state index is 0.0886. The van der Waals surface area contributed by atoms with E-state index in [4.69, 9.17) is 16.6 Å². The molecule has 0 unspecified atom stereocenters. The highest BCUT2D eigenvalue weighted by atomic mass is 16.4. The predicted octanol–water partition coefficient (Wildman–Crippen LogP) is -2.25. The standard InChI is InChI=1S/C24H44N6O8/c1-6-13(4)18(26)22(36)30-20(14(5)32)24(38)29-19(12(2)3)23(37)28-16(8-7-9-25)21(35)27-15(11-31)10-17(33)34/h11-16,18-20,32H,6-10,25-26H2,1-5H3,(H,27,35)(H,28,37)(H,29,38)(H,30,36)(H,33,34)/t13-,14+,15-,16-,18-,19-,20-/m0/s1. The number of hydrogen-bond donors (Lipinski definition) is 8. The molecule has 0 radical (unpaired) electrons. The molecule has 10 N–H and O–H groups in total. The summed E-state index contributed by atoms with van der Waals surface area (Å²) < 4.78 is 0. The van der Waals surface area contributed by atoms with E-state index in [0.717, 1.165) is 0 Å². The number of aliphatic carboxylic acids is 1. The van der Waals surface area contributed by atoms with Crippen LogP contribution in [0, 0.1) is 11.8 Å². The lowest BCUT2D eigenvalue weighted by atomic mass is 9.98. The Morgan fingerprint density at radius 1 is 0.868 bits per heavy atom. The van der Waals surface area contributed by atoms with Crippen molar-refractivity contribution >= 4 is 35.9 Å². The topological polar surface area (TPSA) is 243 Å². The maximum absolute atomic E-state index is 13.1. The van der Waals surface area contributed by atoms with Crippen molar-refractivity contribution in [3.05, 3.63) is 0 Å². The molecular formula is C24H44N6O8. The van der Waals surface area contributed by atoms with Gasteiger partial charge in [0.2, 0.25) is 23.6 Å². The SMILES string of the molecule is CC[C@H](C)[C@H](N)C(=O)N[C@H](C(=O)N[C@H](C(=O)N[C@@H](CCCN)C(=O)N[C@H](C=O)CC(=O)O)C(C)C)[C@@H](C)O. The average Bonchev–Trinajstić information content (AvgIpc) is 2.85. The summed E-state index contributed by atoms with van der Waals surface area (Å²) in [5.74, 6) is -4.92. The average molecular weight is 545 g/mol. The van der Waals surface area contributed by atoms with Gasteiger partial charge in [0.05, 0.1) is 24.6 Å². The Labute approximate surface area is 223 Å². The number of aldehydes is 1. The summed E-state index contributed by atoms with van der Waals surface area (Å²) in [6.07, 6.45) is -0.623. The zero-order chi connectivity index (χ0) is 29.6. The van der Waals surface area contributed by atoms with E-state index in [0.29, 0.717) is 12.8 Å². The lowest BCUT2D eigenvalue weighted by Gasteiger charge is -2.29. The van der Waals surface area contributed by atoms with E-state index in [-0.39, 0.29) is 25.2 Å². The van der Waals surface area contributed by atoms with Crippen molar-refractivity contribution in [2.75, 3.05) is 6.54 Å². The normalized spacial score (nSPS) is 16.7. The second kappa shape index (κ2) is 17.4. The summed E-state index contributed by atoms with van der Waals surface area (Å²) in [5, 5.41) is 28.8.